The second-order valence-corrected chi connectivity index (χ2v) is 5.00. The van der Waals surface area contributed by atoms with Gasteiger partial charge in [-0.05, 0) is 46.3 Å². The highest BCUT2D eigenvalue weighted by molar-refractivity contribution is 9.10. The summed E-state index contributed by atoms with van der Waals surface area (Å²) in [5.41, 5.74) is 1.77. The zero-order valence-electron chi connectivity index (χ0n) is 7.81. The van der Waals surface area contributed by atoms with Crippen LogP contribution in [0.25, 0.3) is 0 Å². The van der Waals surface area contributed by atoms with Crippen LogP contribution in [-0.2, 0) is 0 Å². The van der Waals surface area contributed by atoms with E-state index < -0.39 is 0 Å². The van der Waals surface area contributed by atoms with Crippen LogP contribution in [0.4, 0.5) is 5.69 Å². The molecule has 1 aliphatic rings. The number of anilines is 1. The Morgan fingerprint density at radius 3 is 2.69 bits per heavy atom. The van der Waals surface area contributed by atoms with E-state index in [-0.39, 0.29) is 0 Å². The van der Waals surface area contributed by atoms with Gasteiger partial charge < -0.3 is 5.32 Å². The second kappa shape index (κ2) is 3.33. The van der Waals surface area contributed by atoms with E-state index in [2.05, 4.69) is 46.4 Å². The Balaban J connectivity index is 1.97. The molecule has 1 aliphatic carbocycles. The molecule has 1 saturated carbocycles. The van der Waals surface area contributed by atoms with Crippen molar-refractivity contribution in [1.82, 2.24) is 0 Å². The monoisotopic (exact) mass is 239 g/mol. The van der Waals surface area contributed by atoms with Crippen LogP contribution in [0.15, 0.2) is 28.7 Å². The van der Waals surface area contributed by atoms with Crippen LogP contribution in [0, 0.1) is 5.41 Å². The van der Waals surface area contributed by atoms with Gasteiger partial charge in [0.2, 0.25) is 0 Å². The summed E-state index contributed by atoms with van der Waals surface area (Å²) in [5, 5.41) is 3.47. The summed E-state index contributed by atoms with van der Waals surface area (Å²) in [5.74, 6) is 0. The van der Waals surface area contributed by atoms with E-state index in [4.69, 9.17) is 0 Å². The zero-order chi connectivity index (χ0) is 9.31. The molecule has 0 radical (unpaired) electrons. The second-order valence-electron chi connectivity index (χ2n) is 4.14. The molecule has 0 aromatic heterocycles. The van der Waals surface area contributed by atoms with Crippen LogP contribution in [-0.4, -0.2) is 6.54 Å². The quantitative estimate of drug-likeness (QED) is 0.850. The Morgan fingerprint density at radius 1 is 1.38 bits per heavy atom. The normalized spacial score (nSPS) is 18.3. The summed E-state index contributed by atoms with van der Waals surface area (Å²) in [7, 11) is 0. The van der Waals surface area contributed by atoms with Crippen LogP contribution in [0.1, 0.15) is 19.8 Å². The van der Waals surface area contributed by atoms with Crippen molar-refractivity contribution in [3.8, 4) is 0 Å². The van der Waals surface area contributed by atoms with Gasteiger partial charge in [-0.1, -0.05) is 19.1 Å². The Hall–Kier alpha value is -0.500. The van der Waals surface area contributed by atoms with E-state index in [1.54, 1.807) is 0 Å². The molecule has 0 unspecified atom stereocenters. The van der Waals surface area contributed by atoms with Gasteiger partial charge in [0.05, 0.1) is 0 Å². The number of nitrogens with one attached hydrogen (secondary N) is 1. The first-order valence-corrected chi connectivity index (χ1v) is 5.47. The minimum atomic E-state index is 0.565. The first-order chi connectivity index (χ1) is 6.20. The zero-order valence-corrected chi connectivity index (χ0v) is 9.39. The number of hydrogen-bond acceptors (Lipinski definition) is 1. The van der Waals surface area contributed by atoms with E-state index in [1.165, 1.54) is 18.5 Å². The summed E-state index contributed by atoms with van der Waals surface area (Å²) in [6, 6.07) is 8.27. The average molecular weight is 240 g/mol. The highest BCUT2D eigenvalue weighted by Crippen LogP contribution is 2.44. The van der Waals surface area contributed by atoms with E-state index in [9.17, 15) is 0 Å². The first-order valence-electron chi connectivity index (χ1n) is 4.68. The minimum Gasteiger partial charge on any atom is -0.384 e. The fourth-order valence-corrected chi connectivity index (χ4v) is 1.73. The topological polar surface area (TPSA) is 12.0 Å². The van der Waals surface area contributed by atoms with Crippen molar-refractivity contribution in [2.45, 2.75) is 19.8 Å². The lowest BCUT2D eigenvalue weighted by Gasteiger charge is -2.12. The molecule has 2 heteroatoms. The molecule has 0 aliphatic heterocycles. The predicted octanol–water partition coefficient (Wildman–Crippen LogP) is 3.66. The van der Waals surface area contributed by atoms with Gasteiger partial charge >= 0.3 is 0 Å². The molecule has 1 nitrogen and oxygen atoms in total. The maximum Gasteiger partial charge on any atom is 0.0484 e. The molecule has 2 rings (SSSR count). The number of benzene rings is 1. The summed E-state index contributed by atoms with van der Waals surface area (Å²) >= 11 is 3.52. The van der Waals surface area contributed by atoms with Crippen molar-refractivity contribution in [2.24, 2.45) is 5.41 Å². The lowest BCUT2D eigenvalue weighted by Crippen LogP contribution is -2.11. The van der Waals surface area contributed by atoms with Crippen molar-refractivity contribution in [2.75, 3.05) is 11.9 Å². The van der Waals surface area contributed by atoms with Gasteiger partial charge in [0.15, 0.2) is 0 Å². The third-order valence-corrected chi connectivity index (χ3v) is 3.37. The predicted molar refractivity (Wildman–Crippen MR) is 60.0 cm³/mol. The summed E-state index contributed by atoms with van der Waals surface area (Å²) in [6.07, 6.45) is 2.73. The van der Waals surface area contributed by atoms with Crippen LogP contribution in [0.3, 0.4) is 0 Å². The Morgan fingerprint density at radius 2 is 2.08 bits per heavy atom. The molecule has 0 spiro atoms. The van der Waals surface area contributed by atoms with Gasteiger partial charge in [-0.25, -0.2) is 0 Å². The van der Waals surface area contributed by atoms with E-state index >= 15 is 0 Å². The SMILES string of the molecule is CC1(CNc2ccccc2Br)CC1. The molecule has 0 amide bonds. The molecule has 0 bridgehead atoms. The minimum absolute atomic E-state index is 0.565. The van der Waals surface area contributed by atoms with Crippen molar-refractivity contribution in [3.63, 3.8) is 0 Å². The molecule has 0 saturated heterocycles. The smallest absolute Gasteiger partial charge is 0.0484 e. The largest absolute Gasteiger partial charge is 0.384 e. The average Bonchev–Trinajstić information content (AvgIpc) is 2.83. The third-order valence-electron chi connectivity index (χ3n) is 2.68. The van der Waals surface area contributed by atoms with Crippen molar-refractivity contribution in [3.05, 3.63) is 28.7 Å². The lowest BCUT2D eigenvalue weighted by molar-refractivity contribution is 0.610. The van der Waals surface area contributed by atoms with Gasteiger partial charge in [-0.3, -0.25) is 0 Å². The Kier molecular flexibility index (Phi) is 2.33. The number of hydrogen-bond donors (Lipinski definition) is 1. The maximum absolute atomic E-state index is 3.52. The van der Waals surface area contributed by atoms with Crippen molar-refractivity contribution < 1.29 is 0 Å². The van der Waals surface area contributed by atoms with E-state index in [0.717, 1.165) is 11.0 Å². The molecular weight excluding hydrogens is 226 g/mol. The molecule has 1 aromatic rings. The van der Waals surface area contributed by atoms with Crippen LogP contribution in [0.2, 0.25) is 0 Å². The first kappa shape index (κ1) is 9.07. The summed E-state index contributed by atoms with van der Waals surface area (Å²) in [6.45, 7) is 3.42. The molecule has 0 atom stereocenters. The van der Waals surface area contributed by atoms with Gasteiger partial charge in [-0.15, -0.1) is 0 Å². The van der Waals surface area contributed by atoms with Gasteiger partial charge in [0.25, 0.3) is 0 Å². The fourth-order valence-electron chi connectivity index (χ4n) is 1.30. The fraction of sp³-hybridized carbons (Fsp3) is 0.455. The molecule has 0 heterocycles. The Labute approximate surface area is 87.7 Å². The molecular formula is C11H14BrN. The molecule has 70 valence electrons. The van der Waals surface area contributed by atoms with Gasteiger partial charge in [-0.2, -0.15) is 0 Å². The highest BCUT2D eigenvalue weighted by Gasteiger charge is 2.36. The van der Waals surface area contributed by atoms with Crippen molar-refractivity contribution in [1.29, 1.82) is 0 Å². The highest BCUT2D eigenvalue weighted by atomic mass is 79.9. The number of para-hydroxylation sites is 1. The van der Waals surface area contributed by atoms with Crippen LogP contribution in [0.5, 0.6) is 0 Å². The molecule has 1 fully saturated rings. The maximum atomic E-state index is 3.52. The lowest BCUT2D eigenvalue weighted by atomic mass is 10.1. The number of rotatable bonds is 3. The van der Waals surface area contributed by atoms with Crippen LogP contribution < -0.4 is 5.32 Å². The van der Waals surface area contributed by atoms with E-state index in [0.29, 0.717) is 5.41 Å². The number of halogens is 1. The molecule has 1 aromatic carbocycles. The van der Waals surface area contributed by atoms with E-state index in [1.807, 2.05) is 6.07 Å². The summed E-state index contributed by atoms with van der Waals surface area (Å²) < 4.78 is 1.15. The van der Waals surface area contributed by atoms with Gasteiger partial charge in [0, 0.05) is 16.7 Å². The summed E-state index contributed by atoms with van der Waals surface area (Å²) in [4.78, 5) is 0. The van der Waals surface area contributed by atoms with Crippen LogP contribution >= 0.6 is 15.9 Å². The Bertz CT molecular complexity index is 305. The van der Waals surface area contributed by atoms with Crippen molar-refractivity contribution >= 4 is 21.6 Å². The molecule has 1 N–H and O–H groups in total. The standard InChI is InChI=1S/C11H14BrN/c1-11(6-7-11)8-13-10-5-3-2-4-9(10)12/h2-5,13H,6-8H2,1H3. The molecule has 13 heavy (non-hydrogen) atoms. The van der Waals surface area contributed by atoms with Gasteiger partial charge in [0.1, 0.15) is 0 Å². The third kappa shape index (κ3) is 2.25.